The van der Waals surface area contributed by atoms with Crippen LogP contribution in [-0.2, 0) is 21.1 Å². The zero-order valence-corrected chi connectivity index (χ0v) is 18.3. The van der Waals surface area contributed by atoms with Crippen molar-refractivity contribution < 1.29 is 22.0 Å². The third-order valence-corrected chi connectivity index (χ3v) is 6.28. The molecule has 0 saturated carbocycles. The van der Waals surface area contributed by atoms with Gasteiger partial charge in [-0.05, 0) is 66.4 Å². The van der Waals surface area contributed by atoms with Gasteiger partial charge < -0.3 is 4.42 Å². The lowest BCUT2D eigenvalue weighted by Gasteiger charge is -2.17. The molecule has 0 aliphatic heterocycles. The van der Waals surface area contributed by atoms with Gasteiger partial charge in [0.2, 0.25) is 5.91 Å². The number of sulfone groups is 1. The molecule has 32 heavy (non-hydrogen) atoms. The van der Waals surface area contributed by atoms with Crippen molar-refractivity contribution >= 4 is 32.9 Å². The zero-order chi connectivity index (χ0) is 22.9. The first-order valence-electron chi connectivity index (χ1n) is 9.91. The maximum atomic E-state index is 13.3. The Morgan fingerprint density at radius 2 is 1.75 bits per heavy atom. The van der Waals surface area contributed by atoms with Crippen LogP contribution >= 0.6 is 0 Å². The van der Waals surface area contributed by atoms with Gasteiger partial charge in [0.25, 0.3) is 0 Å². The summed E-state index contributed by atoms with van der Waals surface area (Å²) in [7, 11) is -3.36. The fourth-order valence-corrected chi connectivity index (χ4v) is 4.08. The van der Waals surface area contributed by atoms with Crippen LogP contribution in [0.2, 0.25) is 0 Å². The van der Waals surface area contributed by atoms with Crippen molar-refractivity contribution in [2.75, 3.05) is 11.6 Å². The number of rotatable bonds is 6. The number of oxazole rings is 1. The molecule has 0 radical (unpaired) electrons. The van der Waals surface area contributed by atoms with E-state index in [9.17, 15) is 17.6 Å². The minimum absolute atomic E-state index is 0.0764. The van der Waals surface area contributed by atoms with Crippen molar-refractivity contribution in [3.63, 3.8) is 0 Å². The molecule has 1 atom stereocenters. The summed E-state index contributed by atoms with van der Waals surface area (Å²) in [6.07, 6.45) is 1.41. The number of halogens is 1. The first-order valence-corrected chi connectivity index (χ1v) is 11.8. The molecule has 1 heterocycles. The molecule has 1 amide bonds. The van der Waals surface area contributed by atoms with Gasteiger partial charge in [0.1, 0.15) is 11.3 Å². The largest absolute Gasteiger partial charge is 0.423 e. The van der Waals surface area contributed by atoms with Crippen molar-refractivity contribution in [1.29, 1.82) is 0 Å². The second kappa shape index (κ2) is 8.55. The molecule has 4 rings (SSSR count). The Bertz CT molecular complexity index is 1380. The highest BCUT2D eigenvalue weighted by Gasteiger charge is 2.24. The summed E-state index contributed by atoms with van der Waals surface area (Å²) in [6, 6.07) is 17.7. The smallest absolute Gasteiger partial charge is 0.302 e. The Morgan fingerprint density at radius 3 is 2.41 bits per heavy atom. The molecule has 6 nitrogen and oxygen atoms in total. The lowest BCUT2D eigenvalue weighted by atomic mass is 9.91. The first kappa shape index (κ1) is 21.7. The first-order chi connectivity index (χ1) is 15.2. The second-order valence-corrected chi connectivity index (χ2v) is 9.72. The van der Waals surface area contributed by atoms with Gasteiger partial charge in [0.15, 0.2) is 15.4 Å². The summed E-state index contributed by atoms with van der Waals surface area (Å²) in [4.78, 5) is 17.7. The van der Waals surface area contributed by atoms with Crippen LogP contribution in [0.1, 0.15) is 22.6 Å². The van der Waals surface area contributed by atoms with Crippen LogP contribution in [0.4, 0.5) is 10.4 Å². The predicted octanol–water partition coefficient (Wildman–Crippen LogP) is 4.64. The topological polar surface area (TPSA) is 89.3 Å². The number of benzene rings is 3. The number of aryl methyl sites for hydroxylation is 1. The van der Waals surface area contributed by atoms with Crippen molar-refractivity contribution in [2.45, 2.75) is 24.2 Å². The third kappa shape index (κ3) is 4.86. The second-order valence-electron chi connectivity index (χ2n) is 7.70. The van der Waals surface area contributed by atoms with E-state index in [0.717, 1.165) is 17.4 Å². The minimum atomic E-state index is -3.36. The maximum Gasteiger partial charge on any atom is 0.302 e. The van der Waals surface area contributed by atoms with E-state index in [1.807, 2.05) is 19.1 Å². The highest BCUT2D eigenvalue weighted by atomic mass is 32.2. The third-order valence-electron chi connectivity index (χ3n) is 5.15. The number of hydrogen-bond donors (Lipinski definition) is 1. The minimum Gasteiger partial charge on any atom is -0.423 e. The Morgan fingerprint density at radius 1 is 1.06 bits per heavy atom. The van der Waals surface area contributed by atoms with Gasteiger partial charge in [0.05, 0.1) is 10.8 Å². The van der Waals surface area contributed by atoms with Gasteiger partial charge >= 0.3 is 6.01 Å². The molecule has 0 aliphatic rings. The number of carbonyl (C=O) groups is 1. The highest BCUT2D eigenvalue weighted by Crippen LogP contribution is 2.26. The fraction of sp³-hybridized carbons (Fsp3) is 0.167. The molecule has 0 saturated heterocycles. The molecule has 0 aliphatic carbocycles. The molecule has 8 heteroatoms. The SMILES string of the molecule is Cc1ccc2oc(NC(=O)C(Cc3ccc(F)cc3)c3ccc(S(C)(=O)=O)cc3)nc2c1. The summed E-state index contributed by atoms with van der Waals surface area (Å²) < 4.78 is 42.5. The molecule has 1 unspecified atom stereocenters. The summed E-state index contributed by atoms with van der Waals surface area (Å²) in [5.74, 6) is -1.41. The number of anilines is 1. The Balaban J connectivity index is 1.65. The van der Waals surface area contributed by atoms with Crippen LogP contribution in [0.15, 0.2) is 76.0 Å². The summed E-state index contributed by atoms with van der Waals surface area (Å²) in [5, 5.41) is 2.72. The van der Waals surface area contributed by atoms with E-state index in [1.54, 1.807) is 30.3 Å². The number of fused-ring (bicyclic) bond motifs is 1. The Labute approximate surface area is 185 Å². The average Bonchev–Trinajstić information content (AvgIpc) is 3.14. The number of carbonyl (C=O) groups excluding carboxylic acids is 1. The summed E-state index contributed by atoms with van der Waals surface area (Å²) >= 11 is 0. The van der Waals surface area contributed by atoms with Crippen LogP contribution in [0.3, 0.4) is 0 Å². The number of amides is 1. The number of nitrogens with zero attached hydrogens (tertiary/aromatic N) is 1. The van der Waals surface area contributed by atoms with E-state index < -0.39 is 15.8 Å². The molecular weight excluding hydrogens is 431 g/mol. The Kier molecular flexibility index (Phi) is 5.80. The molecule has 4 aromatic rings. The molecule has 1 N–H and O–H groups in total. The maximum absolute atomic E-state index is 13.3. The number of aromatic nitrogens is 1. The Hall–Kier alpha value is -3.52. The molecular formula is C24H21FN2O4S. The van der Waals surface area contributed by atoms with Gasteiger partial charge in [0, 0.05) is 6.26 Å². The molecule has 0 spiro atoms. The van der Waals surface area contributed by atoms with Crippen molar-refractivity contribution in [3.8, 4) is 0 Å². The molecule has 164 valence electrons. The molecule has 0 bridgehead atoms. The van der Waals surface area contributed by atoms with E-state index in [0.29, 0.717) is 16.7 Å². The quantitative estimate of drug-likeness (QED) is 0.460. The fourth-order valence-electron chi connectivity index (χ4n) is 3.45. The van der Waals surface area contributed by atoms with Crippen LogP contribution < -0.4 is 5.32 Å². The summed E-state index contributed by atoms with van der Waals surface area (Å²) in [6.45, 7) is 1.94. The van der Waals surface area contributed by atoms with E-state index >= 15 is 0 Å². The number of nitrogens with one attached hydrogen (secondary N) is 1. The average molecular weight is 453 g/mol. The van der Waals surface area contributed by atoms with E-state index in [2.05, 4.69) is 10.3 Å². The van der Waals surface area contributed by atoms with Gasteiger partial charge in [-0.1, -0.05) is 30.3 Å². The van der Waals surface area contributed by atoms with Crippen LogP contribution in [0.5, 0.6) is 0 Å². The molecule has 3 aromatic carbocycles. The number of hydrogen-bond acceptors (Lipinski definition) is 5. The van der Waals surface area contributed by atoms with Crippen LogP contribution in [0, 0.1) is 12.7 Å². The lowest BCUT2D eigenvalue weighted by Crippen LogP contribution is -2.23. The van der Waals surface area contributed by atoms with Gasteiger partial charge in [-0.2, -0.15) is 4.98 Å². The predicted molar refractivity (Wildman–Crippen MR) is 120 cm³/mol. The van der Waals surface area contributed by atoms with E-state index in [-0.39, 0.29) is 29.1 Å². The monoisotopic (exact) mass is 452 g/mol. The standard InChI is InChI=1S/C24H21FN2O4S/c1-15-3-12-22-21(13-15)26-24(31-22)27-23(28)20(14-16-4-8-18(25)9-5-16)17-6-10-19(11-7-17)32(2,29)30/h3-13,20H,14H2,1-2H3,(H,26,27,28). The van der Waals surface area contributed by atoms with Gasteiger partial charge in [-0.25, -0.2) is 12.8 Å². The van der Waals surface area contributed by atoms with Crippen molar-refractivity contribution in [1.82, 2.24) is 4.98 Å². The van der Waals surface area contributed by atoms with E-state index in [4.69, 9.17) is 4.42 Å². The van der Waals surface area contributed by atoms with Gasteiger partial charge in [-0.15, -0.1) is 0 Å². The molecule has 0 fully saturated rings. The summed E-state index contributed by atoms with van der Waals surface area (Å²) in [5.41, 5.74) is 3.58. The van der Waals surface area contributed by atoms with Crippen LogP contribution in [0.25, 0.3) is 11.1 Å². The molecule has 1 aromatic heterocycles. The zero-order valence-electron chi connectivity index (χ0n) is 17.5. The van der Waals surface area contributed by atoms with Gasteiger partial charge in [-0.3, -0.25) is 10.1 Å². The van der Waals surface area contributed by atoms with E-state index in [1.165, 1.54) is 24.3 Å². The lowest BCUT2D eigenvalue weighted by molar-refractivity contribution is -0.117. The highest BCUT2D eigenvalue weighted by molar-refractivity contribution is 7.90. The van der Waals surface area contributed by atoms with Crippen molar-refractivity contribution in [3.05, 3.63) is 89.2 Å². The van der Waals surface area contributed by atoms with Crippen LogP contribution in [-0.4, -0.2) is 25.6 Å². The normalized spacial score (nSPS) is 12.6. The van der Waals surface area contributed by atoms with Crippen molar-refractivity contribution in [2.24, 2.45) is 0 Å².